The van der Waals surface area contributed by atoms with E-state index in [0.29, 0.717) is 23.6 Å². The molecule has 0 saturated heterocycles. The molecule has 0 aliphatic carbocycles. The molecule has 2 nitrogen and oxygen atoms in total. The average Bonchev–Trinajstić information content (AvgIpc) is 2.48. The van der Waals surface area contributed by atoms with Crippen LogP contribution in [0.15, 0.2) is 42.5 Å². The van der Waals surface area contributed by atoms with E-state index >= 15 is 0 Å². The first-order chi connectivity index (χ1) is 9.97. The maximum Gasteiger partial charge on any atom is 0.251 e. The molecule has 110 valence electrons. The maximum absolute atomic E-state index is 13.2. The molecule has 0 unspecified atom stereocenters. The molecule has 3 heteroatoms. The molecule has 2 aromatic rings. The summed E-state index contributed by atoms with van der Waals surface area (Å²) in [5.74, 6) is 0.103. The molecule has 0 spiro atoms. The molecule has 0 atom stereocenters. The Morgan fingerprint density at radius 3 is 2.38 bits per heavy atom. The normalized spacial score (nSPS) is 10.7. The molecule has 1 amide bonds. The number of aryl methyl sites for hydroxylation is 1. The topological polar surface area (TPSA) is 29.1 Å². The van der Waals surface area contributed by atoms with Gasteiger partial charge in [-0.05, 0) is 47.7 Å². The Hall–Kier alpha value is -2.16. The molecule has 0 aromatic heterocycles. The highest BCUT2D eigenvalue weighted by atomic mass is 19.1. The van der Waals surface area contributed by atoms with Crippen molar-refractivity contribution in [3.8, 4) is 0 Å². The van der Waals surface area contributed by atoms with Crippen LogP contribution in [-0.2, 0) is 6.54 Å². The van der Waals surface area contributed by atoms with Gasteiger partial charge in [-0.3, -0.25) is 4.79 Å². The van der Waals surface area contributed by atoms with Gasteiger partial charge in [0.2, 0.25) is 0 Å². The largest absolute Gasteiger partial charge is 0.348 e. The molecule has 0 bridgehead atoms. The van der Waals surface area contributed by atoms with Crippen molar-refractivity contribution in [3.05, 3.63) is 70.5 Å². The summed E-state index contributed by atoms with van der Waals surface area (Å²) < 4.78 is 13.2. The first-order valence-electron chi connectivity index (χ1n) is 7.10. The van der Waals surface area contributed by atoms with Gasteiger partial charge < -0.3 is 5.32 Å². The number of amides is 1. The van der Waals surface area contributed by atoms with Crippen molar-refractivity contribution >= 4 is 5.91 Å². The van der Waals surface area contributed by atoms with Crippen LogP contribution in [0.1, 0.15) is 46.8 Å². The lowest BCUT2D eigenvalue weighted by molar-refractivity contribution is 0.0951. The Balaban J connectivity index is 1.99. The van der Waals surface area contributed by atoms with Crippen molar-refractivity contribution in [2.75, 3.05) is 0 Å². The quantitative estimate of drug-likeness (QED) is 0.896. The zero-order chi connectivity index (χ0) is 15.4. The Kier molecular flexibility index (Phi) is 4.73. The first-order valence-corrected chi connectivity index (χ1v) is 7.10. The molecule has 21 heavy (non-hydrogen) atoms. The predicted octanol–water partition coefficient (Wildman–Crippen LogP) is 4.19. The molecule has 0 radical (unpaired) electrons. The van der Waals surface area contributed by atoms with Crippen LogP contribution in [0.5, 0.6) is 0 Å². The van der Waals surface area contributed by atoms with Gasteiger partial charge in [0.25, 0.3) is 5.91 Å². The zero-order valence-corrected chi connectivity index (χ0v) is 12.6. The van der Waals surface area contributed by atoms with Gasteiger partial charge in [-0.25, -0.2) is 4.39 Å². The van der Waals surface area contributed by atoms with Crippen molar-refractivity contribution in [1.29, 1.82) is 0 Å². The second-order valence-corrected chi connectivity index (χ2v) is 5.54. The minimum Gasteiger partial charge on any atom is -0.348 e. The monoisotopic (exact) mass is 285 g/mol. The Labute approximate surface area is 125 Å². The second kappa shape index (κ2) is 6.53. The van der Waals surface area contributed by atoms with Gasteiger partial charge in [-0.2, -0.15) is 0 Å². The standard InChI is InChI=1S/C18H20FNO/c1-12(2)15-5-7-16(8-6-15)18(21)20-11-14-4-9-17(19)13(3)10-14/h4-10,12H,11H2,1-3H3,(H,20,21). The molecule has 0 aliphatic rings. The highest BCUT2D eigenvalue weighted by Crippen LogP contribution is 2.15. The van der Waals surface area contributed by atoms with Crippen molar-refractivity contribution in [3.63, 3.8) is 0 Å². The number of hydrogen-bond donors (Lipinski definition) is 1. The summed E-state index contributed by atoms with van der Waals surface area (Å²) in [4.78, 5) is 12.1. The lowest BCUT2D eigenvalue weighted by Gasteiger charge is -2.08. The summed E-state index contributed by atoms with van der Waals surface area (Å²) in [6.45, 7) is 6.34. The number of carbonyl (C=O) groups is 1. The third-order valence-electron chi connectivity index (χ3n) is 3.51. The summed E-state index contributed by atoms with van der Waals surface area (Å²) in [7, 11) is 0. The molecule has 0 fully saturated rings. The lowest BCUT2D eigenvalue weighted by Crippen LogP contribution is -2.22. The van der Waals surface area contributed by atoms with E-state index in [1.807, 2.05) is 24.3 Å². The Morgan fingerprint density at radius 2 is 1.81 bits per heavy atom. The van der Waals surface area contributed by atoms with E-state index in [1.54, 1.807) is 19.1 Å². The molecule has 0 aliphatic heterocycles. The first kappa shape index (κ1) is 15.2. The van der Waals surface area contributed by atoms with Crippen LogP contribution in [0.2, 0.25) is 0 Å². The predicted molar refractivity (Wildman–Crippen MR) is 82.8 cm³/mol. The van der Waals surface area contributed by atoms with Crippen molar-refractivity contribution in [2.24, 2.45) is 0 Å². The van der Waals surface area contributed by atoms with Gasteiger partial charge in [0.1, 0.15) is 5.82 Å². The van der Waals surface area contributed by atoms with Gasteiger partial charge in [0, 0.05) is 12.1 Å². The average molecular weight is 285 g/mol. The SMILES string of the molecule is Cc1cc(CNC(=O)c2ccc(C(C)C)cc2)ccc1F. The molecule has 0 heterocycles. The minimum absolute atomic E-state index is 0.118. The van der Waals surface area contributed by atoms with Crippen LogP contribution in [0.25, 0.3) is 0 Å². The zero-order valence-electron chi connectivity index (χ0n) is 12.6. The van der Waals surface area contributed by atoms with E-state index in [0.717, 1.165) is 5.56 Å². The number of halogens is 1. The summed E-state index contributed by atoms with van der Waals surface area (Å²) >= 11 is 0. The summed E-state index contributed by atoms with van der Waals surface area (Å²) in [6, 6.07) is 12.5. The van der Waals surface area contributed by atoms with Crippen molar-refractivity contribution < 1.29 is 9.18 Å². The molecular formula is C18H20FNO. The lowest BCUT2D eigenvalue weighted by atomic mass is 10.0. The number of nitrogens with one attached hydrogen (secondary N) is 1. The van der Waals surface area contributed by atoms with Crippen LogP contribution < -0.4 is 5.32 Å². The van der Waals surface area contributed by atoms with Crippen LogP contribution in [0, 0.1) is 12.7 Å². The summed E-state index contributed by atoms with van der Waals surface area (Å²) in [6.07, 6.45) is 0. The molecule has 2 aromatic carbocycles. The van der Waals surface area contributed by atoms with Crippen molar-refractivity contribution in [1.82, 2.24) is 5.32 Å². The Morgan fingerprint density at radius 1 is 1.14 bits per heavy atom. The van der Waals surface area contributed by atoms with E-state index in [9.17, 15) is 9.18 Å². The molecule has 1 N–H and O–H groups in total. The molecule has 2 rings (SSSR count). The van der Waals surface area contributed by atoms with Gasteiger partial charge >= 0.3 is 0 Å². The third-order valence-corrected chi connectivity index (χ3v) is 3.51. The fourth-order valence-electron chi connectivity index (χ4n) is 2.12. The van der Waals surface area contributed by atoms with Crippen LogP contribution in [0.4, 0.5) is 4.39 Å². The van der Waals surface area contributed by atoms with Crippen LogP contribution >= 0.6 is 0 Å². The second-order valence-electron chi connectivity index (χ2n) is 5.54. The highest BCUT2D eigenvalue weighted by molar-refractivity contribution is 5.94. The summed E-state index contributed by atoms with van der Waals surface area (Å²) in [5.41, 5.74) is 3.32. The number of rotatable bonds is 4. The third kappa shape index (κ3) is 3.91. The van der Waals surface area contributed by atoms with Gasteiger partial charge in [0.05, 0.1) is 0 Å². The Bertz CT molecular complexity index is 632. The minimum atomic E-state index is -0.227. The number of hydrogen-bond acceptors (Lipinski definition) is 1. The van der Waals surface area contributed by atoms with Crippen LogP contribution in [-0.4, -0.2) is 5.91 Å². The fraction of sp³-hybridized carbons (Fsp3) is 0.278. The fourth-order valence-corrected chi connectivity index (χ4v) is 2.12. The summed E-state index contributed by atoms with van der Waals surface area (Å²) in [5, 5.41) is 2.85. The van der Waals surface area contributed by atoms with E-state index in [1.165, 1.54) is 11.6 Å². The van der Waals surface area contributed by atoms with Gasteiger partial charge in [-0.1, -0.05) is 38.1 Å². The molecule has 0 saturated carbocycles. The van der Waals surface area contributed by atoms with E-state index < -0.39 is 0 Å². The number of benzene rings is 2. The highest BCUT2D eigenvalue weighted by Gasteiger charge is 2.07. The van der Waals surface area contributed by atoms with Crippen LogP contribution in [0.3, 0.4) is 0 Å². The van der Waals surface area contributed by atoms with Gasteiger partial charge in [0.15, 0.2) is 0 Å². The smallest absolute Gasteiger partial charge is 0.251 e. The number of carbonyl (C=O) groups excluding carboxylic acids is 1. The molecular weight excluding hydrogens is 265 g/mol. The maximum atomic E-state index is 13.2. The van der Waals surface area contributed by atoms with Gasteiger partial charge in [-0.15, -0.1) is 0 Å². The van der Waals surface area contributed by atoms with Crippen molar-refractivity contribution in [2.45, 2.75) is 33.2 Å². The van der Waals surface area contributed by atoms with E-state index in [4.69, 9.17) is 0 Å². The van der Waals surface area contributed by atoms with E-state index in [-0.39, 0.29) is 11.7 Å². The van der Waals surface area contributed by atoms with E-state index in [2.05, 4.69) is 19.2 Å².